The first-order valence-electron chi connectivity index (χ1n) is 8.56. The van der Waals surface area contributed by atoms with E-state index in [4.69, 9.17) is 0 Å². The van der Waals surface area contributed by atoms with Gasteiger partial charge in [0.25, 0.3) is 0 Å². The van der Waals surface area contributed by atoms with Crippen LogP contribution in [0.25, 0.3) is 0 Å². The van der Waals surface area contributed by atoms with Crippen molar-refractivity contribution in [3.05, 3.63) is 11.4 Å². The highest BCUT2D eigenvalue weighted by Gasteiger charge is 2.28. The topological polar surface area (TPSA) is 12.0 Å². The Balaban J connectivity index is 1.78. The maximum atomic E-state index is 14.3. The van der Waals surface area contributed by atoms with Gasteiger partial charge in [0.2, 0.25) is 0 Å². The van der Waals surface area contributed by atoms with Gasteiger partial charge < -0.3 is 5.32 Å². The van der Waals surface area contributed by atoms with Crippen LogP contribution in [0.3, 0.4) is 0 Å². The van der Waals surface area contributed by atoms with E-state index in [9.17, 15) is 4.39 Å². The molecule has 0 unspecified atom stereocenters. The van der Waals surface area contributed by atoms with E-state index in [1.54, 1.807) is 0 Å². The predicted molar refractivity (Wildman–Crippen MR) is 84.4 cm³/mol. The summed E-state index contributed by atoms with van der Waals surface area (Å²) >= 11 is 0. The van der Waals surface area contributed by atoms with Crippen molar-refractivity contribution in [2.75, 3.05) is 6.54 Å². The minimum atomic E-state index is 0.142. The number of nitrogens with one attached hydrogen (secondary N) is 1. The van der Waals surface area contributed by atoms with Crippen LogP contribution in [0.4, 0.5) is 4.39 Å². The lowest BCUT2D eigenvalue weighted by molar-refractivity contribution is 0.195. The third kappa shape index (κ3) is 4.58. The number of allylic oxidation sites excluding steroid dienone is 1. The zero-order valence-corrected chi connectivity index (χ0v) is 13.6. The molecule has 0 aromatic rings. The Labute approximate surface area is 124 Å². The average molecular weight is 281 g/mol. The van der Waals surface area contributed by atoms with Gasteiger partial charge in [-0.05, 0) is 55.4 Å². The second kappa shape index (κ2) is 7.06. The largest absolute Gasteiger partial charge is 0.308 e. The van der Waals surface area contributed by atoms with Crippen LogP contribution in [-0.4, -0.2) is 12.6 Å². The van der Waals surface area contributed by atoms with Crippen molar-refractivity contribution < 1.29 is 4.39 Å². The van der Waals surface area contributed by atoms with Crippen molar-refractivity contribution in [1.29, 1.82) is 0 Å². The molecule has 1 N–H and O–H groups in total. The first-order valence-corrected chi connectivity index (χ1v) is 8.56. The molecule has 116 valence electrons. The Morgan fingerprint density at radius 2 is 1.65 bits per heavy atom. The average Bonchev–Trinajstić information content (AvgIpc) is 2.45. The van der Waals surface area contributed by atoms with E-state index in [0.717, 1.165) is 37.2 Å². The third-order valence-electron chi connectivity index (χ3n) is 5.35. The van der Waals surface area contributed by atoms with Crippen LogP contribution in [0.15, 0.2) is 11.4 Å². The SMILES string of the molecule is CC(C)(C)C1CCC(=C(F)CNC2CCCCC2)CC1. The molecule has 2 heteroatoms. The Morgan fingerprint density at radius 3 is 2.20 bits per heavy atom. The monoisotopic (exact) mass is 281 g/mol. The fourth-order valence-electron chi connectivity index (χ4n) is 3.77. The highest BCUT2D eigenvalue weighted by molar-refractivity contribution is 5.12. The highest BCUT2D eigenvalue weighted by Crippen LogP contribution is 2.40. The van der Waals surface area contributed by atoms with Crippen molar-refractivity contribution in [3.63, 3.8) is 0 Å². The maximum absolute atomic E-state index is 14.3. The first-order chi connectivity index (χ1) is 9.47. The van der Waals surface area contributed by atoms with Gasteiger partial charge in [0.05, 0.1) is 0 Å². The van der Waals surface area contributed by atoms with Crippen LogP contribution in [-0.2, 0) is 0 Å². The predicted octanol–water partition coefficient (Wildman–Crippen LogP) is 5.37. The van der Waals surface area contributed by atoms with E-state index in [1.165, 1.54) is 32.1 Å². The van der Waals surface area contributed by atoms with Crippen molar-refractivity contribution >= 4 is 0 Å². The molecule has 20 heavy (non-hydrogen) atoms. The molecule has 1 nitrogen and oxygen atoms in total. The maximum Gasteiger partial charge on any atom is 0.113 e. The normalized spacial score (nSPS) is 25.8. The van der Waals surface area contributed by atoms with Crippen molar-refractivity contribution in [1.82, 2.24) is 5.32 Å². The molecule has 2 aliphatic rings. The molecule has 0 heterocycles. The summed E-state index contributed by atoms with van der Waals surface area (Å²) in [5, 5.41) is 3.43. The van der Waals surface area contributed by atoms with Crippen molar-refractivity contribution in [3.8, 4) is 0 Å². The molecule has 0 spiro atoms. The van der Waals surface area contributed by atoms with Gasteiger partial charge in [-0.2, -0.15) is 0 Å². The molecule has 2 aliphatic carbocycles. The smallest absolute Gasteiger partial charge is 0.113 e. The first kappa shape index (κ1) is 16.0. The van der Waals surface area contributed by atoms with Crippen LogP contribution in [0.1, 0.15) is 78.6 Å². The van der Waals surface area contributed by atoms with Gasteiger partial charge in [-0.15, -0.1) is 0 Å². The van der Waals surface area contributed by atoms with Gasteiger partial charge in [-0.25, -0.2) is 4.39 Å². The lowest BCUT2D eigenvalue weighted by Gasteiger charge is -2.35. The van der Waals surface area contributed by atoms with Gasteiger partial charge in [0.15, 0.2) is 0 Å². The fraction of sp³-hybridized carbons (Fsp3) is 0.889. The lowest BCUT2D eigenvalue weighted by atomic mass is 9.71. The summed E-state index contributed by atoms with van der Waals surface area (Å²) in [5.41, 5.74) is 1.47. The Hall–Kier alpha value is -0.370. The molecule has 0 aromatic heterocycles. The summed E-state index contributed by atoms with van der Waals surface area (Å²) < 4.78 is 14.3. The van der Waals surface area contributed by atoms with Crippen LogP contribution in [0.2, 0.25) is 0 Å². The fourth-order valence-corrected chi connectivity index (χ4v) is 3.77. The van der Waals surface area contributed by atoms with Crippen LogP contribution < -0.4 is 5.32 Å². The second-order valence-corrected chi connectivity index (χ2v) is 7.86. The van der Waals surface area contributed by atoms with E-state index in [2.05, 4.69) is 26.1 Å². The Morgan fingerprint density at radius 1 is 1.05 bits per heavy atom. The molecule has 0 bridgehead atoms. The van der Waals surface area contributed by atoms with Crippen molar-refractivity contribution in [2.45, 2.75) is 84.6 Å². The molecule has 2 rings (SSSR count). The van der Waals surface area contributed by atoms with Gasteiger partial charge in [0.1, 0.15) is 5.83 Å². The molecule has 0 aliphatic heterocycles. The number of rotatable bonds is 3. The van der Waals surface area contributed by atoms with Gasteiger partial charge in [-0.3, -0.25) is 0 Å². The molecule has 0 amide bonds. The zero-order valence-electron chi connectivity index (χ0n) is 13.6. The standard InChI is InChI=1S/C18H32FN/c1-18(2,3)15-11-9-14(10-12-15)17(19)13-20-16-7-5-4-6-8-16/h15-16,20H,4-13H2,1-3H3. The van der Waals surface area contributed by atoms with Gasteiger partial charge in [0, 0.05) is 12.6 Å². The van der Waals surface area contributed by atoms with Gasteiger partial charge >= 0.3 is 0 Å². The quantitative estimate of drug-likeness (QED) is 0.733. The molecular weight excluding hydrogens is 249 g/mol. The molecule has 0 atom stereocenters. The molecule has 0 aromatic carbocycles. The highest BCUT2D eigenvalue weighted by atomic mass is 19.1. The summed E-state index contributed by atoms with van der Waals surface area (Å²) in [6.45, 7) is 7.41. The van der Waals surface area contributed by atoms with E-state index in [-0.39, 0.29) is 5.83 Å². The second-order valence-electron chi connectivity index (χ2n) is 7.86. The summed E-state index contributed by atoms with van der Waals surface area (Å²) in [6, 6.07) is 0.556. The van der Waals surface area contributed by atoms with Gasteiger partial charge in [-0.1, -0.05) is 40.0 Å². The minimum Gasteiger partial charge on any atom is -0.308 e. The molecule has 0 radical (unpaired) electrons. The lowest BCUT2D eigenvalue weighted by Crippen LogP contribution is -2.32. The molecular formula is C18H32FN. The number of hydrogen-bond donors (Lipinski definition) is 1. The molecule has 2 fully saturated rings. The summed E-state index contributed by atoms with van der Waals surface area (Å²) in [4.78, 5) is 0. The van der Waals surface area contributed by atoms with Crippen LogP contribution in [0, 0.1) is 11.3 Å². The number of hydrogen-bond acceptors (Lipinski definition) is 1. The molecule has 0 saturated heterocycles. The Bertz CT molecular complexity index is 324. The Kier molecular flexibility index (Phi) is 5.65. The van der Waals surface area contributed by atoms with E-state index in [0.29, 0.717) is 18.0 Å². The zero-order chi connectivity index (χ0) is 14.6. The number of halogens is 1. The van der Waals surface area contributed by atoms with Crippen LogP contribution >= 0.6 is 0 Å². The third-order valence-corrected chi connectivity index (χ3v) is 5.35. The van der Waals surface area contributed by atoms with E-state index >= 15 is 0 Å². The van der Waals surface area contributed by atoms with Crippen LogP contribution in [0.5, 0.6) is 0 Å². The summed E-state index contributed by atoms with van der Waals surface area (Å²) in [7, 11) is 0. The van der Waals surface area contributed by atoms with E-state index < -0.39 is 0 Å². The summed E-state index contributed by atoms with van der Waals surface area (Å²) in [6.07, 6.45) is 10.7. The minimum absolute atomic E-state index is 0.142. The van der Waals surface area contributed by atoms with Crippen molar-refractivity contribution in [2.24, 2.45) is 11.3 Å². The summed E-state index contributed by atoms with van der Waals surface area (Å²) in [5.74, 6) is 0.897. The van der Waals surface area contributed by atoms with E-state index in [1.807, 2.05) is 0 Å². The molecule has 2 saturated carbocycles.